The third kappa shape index (κ3) is 2.76. The highest BCUT2D eigenvalue weighted by molar-refractivity contribution is 5.55. The van der Waals surface area contributed by atoms with Crippen molar-refractivity contribution in [2.45, 2.75) is 46.7 Å². The van der Waals surface area contributed by atoms with E-state index >= 15 is 0 Å². The first kappa shape index (κ1) is 13.0. The molecule has 1 unspecified atom stereocenters. The second-order valence-electron chi connectivity index (χ2n) is 4.37. The van der Waals surface area contributed by atoms with Gasteiger partial charge in [-0.15, -0.1) is 0 Å². The molecule has 0 radical (unpaired) electrons. The van der Waals surface area contributed by atoms with Crippen LogP contribution in [0.25, 0.3) is 0 Å². The number of hydrogen-bond donors (Lipinski definition) is 1. The summed E-state index contributed by atoms with van der Waals surface area (Å²) < 4.78 is 0. The zero-order chi connectivity index (χ0) is 12.1. The smallest absolute Gasteiger partial charge is 0.0398 e. The zero-order valence-electron chi connectivity index (χ0n) is 11.0. The topological polar surface area (TPSA) is 29.3 Å². The van der Waals surface area contributed by atoms with E-state index in [1.165, 1.54) is 23.2 Å². The molecule has 0 fully saturated rings. The van der Waals surface area contributed by atoms with E-state index in [9.17, 15) is 0 Å². The monoisotopic (exact) mass is 220 g/mol. The van der Waals surface area contributed by atoms with E-state index in [1.807, 2.05) is 0 Å². The standard InChI is InChI=1S/C14H24N2/c1-5-12(4)16(6-2)14-8-7-13(10-15)9-11(14)3/h7-9,12H,5-6,10,15H2,1-4H3. The maximum absolute atomic E-state index is 5.65. The molecule has 0 aromatic heterocycles. The second kappa shape index (κ2) is 5.90. The molecule has 1 atom stereocenters. The molecule has 2 nitrogen and oxygen atoms in total. The van der Waals surface area contributed by atoms with Gasteiger partial charge in [-0.25, -0.2) is 0 Å². The second-order valence-corrected chi connectivity index (χ2v) is 4.37. The quantitative estimate of drug-likeness (QED) is 0.826. The fourth-order valence-electron chi connectivity index (χ4n) is 2.11. The van der Waals surface area contributed by atoms with Gasteiger partial charge in [0.05, 0.1) is 0 Å². The first-order valence-corrected chi connectivity index (χ1v) is 6.20. The third-order valence-corrected chi connectivity index (χ3v) is 3.27. The summed E-state index contributed by atoms with van der Waals surface area (Å²) >= 11 is 0. The summed E-state index contributed by atoms with van der Waals surface area (Å²) in [6, 6.07) is 7.12. The van der Waals surface area contributed by atoms with Crippen molar-refractivity contribution in [1.82, 2.24) is 0 Å². The number of aryl methyl sites for hydroxylation is 1. The van der Waals surface area contributed by atoms with Crippen LogP contribution in [0.4, 0.5) is 5.69 Å². The summed E-state index contributed by atoms with van der Waals surface area (Å²) in [6.07, 6.45) is 1.17. The van der Waals surface area contributed by atoms with E-state index in [4.69, 9.17) is 5.73 Å². The Hall–Kier alpha value is -1.02. The average Bonchev–Trinajstić information content (AvgIpc) is 2.31. The van der Waals surface area contributed by atoms with Crippen LogP contribution >= 0.6 is 0 Å². The van der Waals surface area contributed by atoms with Crippen LogP contribution in [0.5, 0.6) is 0 Å². The Bertz CT molecular complexity index is 334. The number of nitrogens with zero attached hydrogens (tertiary/aromatic N) is 1. The molecule has 0 aliphatic heterocycles. The minimum absolute atomic E-state index is 0.590. The van der Waals surface area contributed by atoms with E-state index in [-0.39, 0.29) is 0 Å². The van der Waals surface area contributed by atoms with Crippen molar-refractivity contribution in [1.29, 1.82) is 0 Å². The van der Waals surface area contributed by atoms with Gasteiger partial charge in [-0.2, -0.15) is 0 Å². The molecule has 0 bridgehead atoms. The van der Waals surface area contributed by atoms with Gasteiger partial charge in [0, 0.05) is 24.8 Å². The van der Waals surface area contributed by atoms with E-state index in [0.717, 1.165) is 6.54 Å². The Kier molecular flexibility index (Phi) is 4.81. The Morgan fingerprint density at radius 1 is 1.31 bits per heavy atom. The Balaban J connectivity index is 3.01. The predicted octanol–water partition coefficient (Wildman–Crippen LogP) is 3.08. The highest BCUT2D eigenvalue weighted by atomic mass is 15.1. The lowest BCUT2D eigenvalue weighted by Crippen LogP contribution is -2.32. The Morgan fingerprint density at radius 2 is 2.00 bits per heavy atom. The number of nitrogens with two attached hydrogens (primary N) is 1. The van der Waals surface area contributed by atoms with Crippen molar-refractivity contribution in [3.05, 3.63) is 29.3 Å². The van der Waals surface area contributed by atoms with Crippen LogP contribution in [0.2, 0.25) is 0 Å². The normalized spacial score (nSPS) is 12.6. The molecular formula is C14H24N2. The van der Waals surface area contributed by atoms with Crippen LogP contribution in [0.3, 0.4) is 0 Å². The van der Waals surface area contributed by atoms with Crippen molar-refractivity contribution in [2.24, 2.45) is 5.73 Å². The Morgan fingerprint density at radius 3 is 2.44 bits per heavy atom. The number of benzene rings is 1. The summed E-state index contributed by atoms with van der Waals surface area (Å²) in [4.78, 5) is 2.45. The van der Waals surface area contributed by atoms with Gasteiger partial charge in [-0.1, -0.05) is 19.1 Å². The molecule has 0 heterocycles. The molecule has 0 amide bonds. The predicted molar refractivity (Wildman–Crippen MR) is 71.8 cm³/mol. The van der Waals surface area contributed by atoms with Crippen LogP contribution in [-0.4, -0.2) is 12.6 Å². The van der Waals surface area contributed by atoms with E-state index in [1.54, 1.807) is 0 Å². The fraction of sp³-hybridized carbons (Fsp3) is 0.571. The highest BCUT2D eigenvalue weighted by Crippen LogP contribution is 2.23. The highest BCUT2D eigenvalue weighted by Gasteiger charge is 2.12. The van der Waals surface area contributed by atoms with Crippen LogP contribution in [-0.2, 0) is 6.54 Å². The maximum Gasteiger partial charge on any atom is 0.0398 e. The van der Waals surface area contributed by atoms with Gasteiger partial charge in [0.2, 0.25) is 0 Å². The maximum atomic E-state index is 5.65. The summed E-state index contributed by atoms with van der Waals surface area (Å²) in [6.45, 7) is 10.6. The molecule has 0 spiro atoms. The molecular weight excluding hydrogens is 196 g/mol. The summed E-state index contributed by atoms with van der Waals surface area (Å²) in [7, 11) is 0. The fourth-order valence-corrected chi connectivity index (χ4v) is 2.11. The summed E-state index contributed by atoms with van der Waals surface area (Å²) in [5.41, 5.74) is 9.53. The molecule has 0 saturated carbocycles. The van der Waals surface area contributed by atoms with Crippen molar-refractivity contribution < 1.29 is 0 Å². The average molecular weight is 220 g/mol. The molecule has 16 heavy (non-hydrogen) atoms. The lowest BCUT2D eigenvalue weighted by molar-refractivity contribution is 0.628. The largest absolute Gasteiger partial charge is 0.369 e. The number of rotatable bonds is 5. The Labute approximate surface area is 99.5 Å². The first-order chi connectivity index (χ1) is 7.63. The molecule has 1 aromatic rings. The van der Waals surface area contributed by atoms with Gasteiger partial charge in [0.1, 0.15) is 0 Å². The number of hydrogen-bond acceptors (Lipinski definition) is 2. The van der Waals surface area contributed by atoms with Crippen molar-refractivity contribution in [2.75, 3.05) is 11.4 Å². The van der Waals surface area contributed by atoms with E-state index < -0.39 is 0 Å². The molecule has 0 aliphatic carbocycles. The van der Waals surface area contributed by atoms with Gasteiger partial charge < -0.3 is 10.6 Å². The van der Waals surface area contributed by atoms with Crippen LogP contribution < -0.4 is 10.6 Å². The van der Waals surface area contributed by atoms with Crippen molar-refractivity contribution in [3.8, 4) is 0 Å². The van der Waals surface area contributed by atoms with E-state index in [0.29, 0.717) is 12.6 Å². The first-order valence-electron chi connectivity index (χ1n) is 6.20. The van der Waals surface area contributed by atoms with Gasteiger partial charge in [-0.05, 0) is 44.4 Å². The van der Waals surface area contributed by atoms with Crippen LogP contribution in [0.1, 0.15) is 38.3 Å². The van der Waals surface area contributed by atoms with Gasteiger partial charge in [0.25, 0.3) is 0 Å². The molecule has 0 aliphatic rings. The molecule has 1 aromatic carbocycles. The molecule has 0 saturated heterocycles. The lowest BCUT2D eigenvalue weighted by Gasteiger charge is -2.31. The number of anilines is 1. The molecule has 1 rings (SSSR count). The van der Waals surface area contributed by atoms with Crippen molar-refractivity contribution in [3.63, 3.8) is 0 Å². The molecule has 90 valence electrons. The van der Waals surface area contributed by atoms with Crippen molar-refractivity contribution >= 4 is 5.69 Å². The molecule has 2 N–H and O–H groups in total. The third-order valence-electron chi connectivity index (χ3n) is 3.27. The van der Waals surface area contributed by atoms with Gasteiger partial charge >= 0.3 is 0 Å². The van der Waals surface area contributed by atoms with Crippen LogP contribution in [0.15, 0.2) is 18.2 Å². The van der Waals surface area contributed by atoms with E-state index in [2.05, 4.69) is 50.8 Å². The van der Waals surface area contributed by atoms with Gasteiger partial charge in [-0.3, -0.25) is 0 Å². The van der Waals surface area contributed by atoms with Crippen LogP contribution in [0, 0.1) is 6.92 Å². The summed E-state index contributed by atoms with van der Waals surface area (Å²) in [5.74, 6) is 0. The zero-order valence-corrected chi connectivity index (χ0v) is 11.0. The minimum Gasteiger partial charge on any atom is -0.369 e. The summed E-state index contributed by atoms with van der Waals surface area (Å²) in [5, 5.41) is 0. The minimum atomic E-state index is 0.590. The molecule has 2 heteroatoms. The van der Waals surface area contributed by atoms with Gasteiger partial charge in [0.15, 0.2) is 0 Å². The lowest BCUT2D eigenvalue weighted by atomic mass is 10.1. The SMILES string of the molecule is CCC(C)N(CC)c1ccc(CN)cc1C.